The van der Waals surface area contributed by atoms with Crippen LogP contribution in [0.25, 0.3) is 0 Å². The molecular weight excluding hydrogens is 364 g/mol. The van der Waals surface area contributed by atoms with E-state index in [2.05, 4.69) is 10.4 Å². The van der Waals surface area contributed by atoms with Crippen LogP contribution in [0.3, 0.4) is 0 Å². The van der Waals surface area contributed by atoms with Crippen LogP contribution in [-0.4, -0.2) is 46.1 Å². The summed E-state index contributed by atoms with van der Waals surface area (Å²) in [4.78, 5) is 26.1. The lowest BCUT2D eigenvalue weighted by Crippen LogP contribution is -2.31. The summed E-state index contributed by atoms with van der Waals surface area (Å²) in [5.41, 5.74) is 3.10. The van der Waals surface area contributed by atoms with E-state index in [0.717, 1.165) is 30.6 Å². The first kappa shape index (κ1) is 19.4. The maximum absolute atomic E-state index is 12.6. The van der Waals surface area contributed by atoms with Gasteiger partial charge in [-0.3, -0.25) is 14.3 Å². The maximum Gasteiger partial charge on any atom is 0.255 e. The maximum atomic E-state index is 12.6. The van der Waals surface area contributed by atoms with Gasteiger partial charge in [-0.1, -0.05) is 29.8 Å². The van der Waals surface area contributed by atoms with E-state index in [4.69, 9.17) is 11.6 Å². The molecule has 0 atom stereocenters. The number of amides is 2. The first-order valence-electron chi connectivity index (χ1n) is 9.30. The summed E-state index contributed by atoms with van der Waals surface area (Å²) in [6, 6.07) is 7.63. The Morgan fingerprint density at radius 1 is 1.30 bits per heavy atom. The van der Waals surface area contributed by atoms with Crippen LogP contribution in [0.15, 0.2) is 24.3 Å². The van der Waals surface area contributed by atoms with Crippen molar-refractivity contribution >= 4 is 23.4 Å². The lowest BCUT2D eigenvalue weighted by Gasteiger charge is -2.15. The van der Waals surface area contributed by atoms with Crippen molar-refractivity contribution in [2.75, 3.05) is 19.6 Å². The van der Waals surface area contributed by atoms with E-state index >= 15 is 0 Å². The number of halogens is 1. The SMILES string of the molecule is Cc1nn(Cc2ccccc2Cl)c(C)c1C(=O)NCCCN1CCCC1=O. The van der Waals surface area contributed by atoms with Gasteiger partial charge in [-0.25, -0.2) is 0 Å². The molecule has 1 aromatic heterocycles. The number of hydrogen-bond donors (Lipinski definition) is 1. The van der Waals surface area contributed by atoms with Gasteiger partial charge in [-0.05, 0) is 38.3 Å². The standard InChI is InChI=1S/C20H25ClN4O2/c1-14-19(20(27)22-10-6-12-24-11-5-9-18(24)26)15(2)25(23-14)13-16-7-3-4-8-17(16)21/h3-4,7-8H,5-6,9-13H2,1-2H3,(H,22,27). The van der Waals surface area contributed by atoms with Gasteiger partial charge in [0.1, 0.15) is 0 Å². The zero-order chi connectivity index (χ0) is 19.4. The summed E-state index contributed by atoms with van der Waals surface area (Å²) in [6.07, 6.45) is 2.34. The van der Waals surface area contributed by atoms with Crippen LogP contribution in [0, 0.1) is 13.8 Å². The number of nitrogens with zero attached hydrogens (tertiary/aromatic N) is 3. The molecule has 0 bridgehead atoms. The molecule has 1 saturated heterocycles. The molecule has 1 aliphatic rings. The van der Waals surface area contributed by atoms with Gasteiger partial charge in [0.25, 0.3) is 5.91 Å². The van der Waals surface area contributed by atoms with Crippen molar-refractivity contribution in [1.82, 2.24) is 20.0 Å². The van der Waals surface area contributed by atoms with Crippen molar-refractivity contribution < 1.29 is 9.59 Å². The number of carbonyl (C=O) groups is 2. The highest BCUT2D eigenvalue weighted by Crippen LogP contribution is 2.19. The third kappa shape index (κ3) is 4.50. The topological polar surface area (TPSA) is 67.2 Å². The Hall–Kier alpha value is -2.34. The molecule has 1 aromatic carbocycles. The first-order chi connectivity index (χ1) is 13.0. The molecule has 0 spiro atoms. The van der Waals surface area contributed by atoms with E-state index in [1.54, 1.807) is 0 Å². The van der Waals surface area contributed by atoms with E-state index in [1.807, 2.05) is 47.7 Å². The van der Waals surface area contributed by atoms with E-state index in [9.17, 15) is 9.59 Å². The van der Waals surface area contributed by atoms with Crippen molar-refractivity contribution in [3.63, 3.8) is 0 Å². The molecule has 144 valence electrons. The molecule has 2 aromatic rings. The highest BCUT2D eigenvalue weighted by molar-refractivity contribution is 6.31. The van der Waals surface area contributed by atoms with Crippen molar-refractivity contribution in [3.05, 3.63) is 51.8 Å². The smallest absolute Gasteiger partial charge is 0.255 e. The molecule has 1 fully saturated rings. The minimum atomic E-state index is -0.122. The second-order valence-corrected chi connectivity index (χ2v) is 7.30. The molecule has 1 N–H and O–H groups in total. The fourth-order valence-corrected chi connectivity index (χ4v) is 3.66. The van der Waals surface area contributed by atoms with Crippen molar-refractivity contribution in [2.45, 2.75) is 39.7 Å². The minimum absolute atomic E-state index is 0.122. The Balaban J connectivity index is 1.59. The van der Waals surface area contributed by atoms with Crippen LogP contribution < -0.4 is 5.32 Å². The number of aryl methyl sites for hydroxylation is 1. The molecule has 0 aliphatic carbocycles. The number of carbonyl (C=O) groups excluding carboxylic acids is 2. The monoisotopic (exact) mass is 388 g/mol. The molecule has 27 heavy (non-hydrogen) atoms. The van der Waals surface area contributed by atoms with Gasteiger partial charge in [-0.15, -0.1) is 0 Å². The van der Waals surface area contributed by atoms with Gasteiger partial charge in [0.15, 0.2) is 0 Å². The van der Waals surface area contributed by atoms with E-state index < -0.39 is 0 Å². The molecule has 3 rings (SSSR count). The van der Waals surface area contributed by atoms with Crippen LogP contribution in [0.1, 0.15) is 46.6 Å². The summed E-state index contributed by atoms with van der Waals surface area (Å²) < 4.78 is 1.81. The first-order valence-corrected chi connectivity index (χ1v) is 9.68. The van der Waals surface area contributed by atoms with Gasteiger partial charge in [0, 0.05) is 36.8 Å². The van der Waals surface area contributed by atoms with Crippen LogP contribution in [-0.2, 0) is 11.3 Å². The molecule has 1 aliphatic heterocycles. The van der Waals surface area contributed by atoms with E-state index in [1.165, 1.54) is 0 Å². The zero-order valence-corrected chi connectivity index (χ0v) is 16.6. The van der Waals surface area contributed by atoms with Gasteiger partial charge >= 0.3 is 0 Å². The lowest BCUT2D eigenvalue weighted by molar-refractivity contribution is -0.127. The Labute approximate surface area is 164 Å². The number of aromatic nitrogens is 2. The molecule has 2 heterocycles. The number of hydrogen-bond acceptors (Lipinski definition) is 3. The number of nitrogens with one attached hydrogen (secondary N) is 1. The van der Waals surface area contributed by atoms with Crippen LogP contribution >= 0.6 is 11.6 Å². The average Bonchev–Trinajstić information content (AvgIpc) is 3.16. The number of rotatable bonds is 7. The predicted molar refractivity (Wildman–Crippen MR) is 105 cm³/mol. The van der Waals surface area contributed by atoms with Gasteiger partial charge in [-0.2, -0.15) is 5.10 Å². The number of likely N-dealkylation sites (tertiary alicyclic amines) is 1. The highest BCUT2D eigenvalue weighted by Gasteiger charge is 2.21. The molecule has 7 heteroatoms. The second-order valence-electron chi connectivity index (χ2n) is 6.89. The fourth-order valence-electron chi connectivity index (χ4n) is 3.47. The van der Waals surface area contributed by atoms with Crippen molar-refractivity contribution in [3.8, 4) is 0 Å². The van der Waals surface area contributed by atoms with Crippen LogP contribution in [0.4, 0.5) is 0 Å². The Kier molecular flexibility index (Phi) is 6.16. The minimum Gasteiger partial charge on any atom is -0.352 e. The van der Waals surface area contributed by atoms with E-state index in [-0.39, 0.29) is 11.8 Å². The average molecular weight is 389 g/mol. The van der Waals surface area contributed by atoms with Gasteiger partial charge in [0.2, 0.25) is 5.91 Å². The third-order valence-corrected chi connectivity index (χ3v) is 5.32. The zero-order valence-electron chi connectivity index (χ0n) is 15.8. The fraction of sp³-hybridized carbons (Fsp3) is 0.450. The van der Waals surface area contributed by atoms with E-state index in [0.29, 0.717) is 42.3 Å². The summed E-state index contributed by atoms with van der Waals surface area (Å²) in [6.45, 7) is 6.33. The molecule has 0 saturated carbocycles. The lowest BCUT2D eigenvalue weighted by atomic mass is 10.1. The Morgan fingerprint density at radius 2 is 2.07 bits per heavy atom. The quantitative estimate of drug-likeness (QED) is 0.741. The summed E-state index contributed by atoms with van der Waals surface area (Å²) >= 11 is 6.24. The highest BCUT2D eigenvalue weighted by atomic mass is 35.5. The number of benzene rings is 1. The van der Waals surface area contributed by atoms with Crippen LogP contribution in [0.2, 0.25) is 5.02 Å². The van der Waals surface area contributed by atoms with Gasteiger partial charge in [0.05, 0.1) is 17.8 Å². The van der Waals surface area contributed by atoms with Crippen LogP contribution in [0.5, 0.6) is 0 Å². The Morgan fingerprint density at radius 3 is 2.78 bits per heavy atom. The molecule has 0 unspecified atom stereocenters. The molecule has 0 radical (unpaired) electrons. The summed E-state index contributed by atoms with van der Waals surface area (Å²) in [5, 5.41) is 8.15. The molecule has 6 nitrogen and oxygen atoms in total. The van der Waals surface area contributed by atoms with Crippen molar-refractivity contribution in [1.29, 1.82) is 0 Å². The Bertz CT molecular complexity index is 847. The normalized spacial score (nSPS) is 14.0. The molecular formula is C20H25ClN4O2. The third-order valence-electron chi connectivity index (χ3n) is 4.95. The van der Waals surface area contributed by atoms with Gasteiger partial charge < -0.3 is 10.2 Å². The largest absolute Gasteiger partial charge is 0.352 e. The molecule has 2 amide bonds. The summed E-state index contributed by atoms with van der Waals surface area (Å²) in [5.74, 6) is 0.0945. The predicted octanol–water partition coefficient (Wildman–Crippen LogP) is 2.94. The second kappa shape index (κ2) is 8.57. The van der Waals surface area contributed by atoms with Crippen molar-refractivity contribution in [2.24, 2.45) is 0 Å². The summed E-state index contributed by atoms with van der Waals surface area (Å²) in [7, 11) is 0.